The Morgan fingerprint density at radius 1 is 1.53 bits per heavy atom. The molecule has 1 rings (SSSR count). The molecule has 1 fully saturated rings. The molecule has 0 amide bonds. The second-order valence-corrected chi connectivity index (χ2v) is 6.79. The van der Waals surface area contributed by atoms with Gasteiger partial charge in [0.2, 0.25) is 10.0 Å². The summed E-state index contributed by atoms with van der Waals surface area (Å²) in [6, 6.07) is 0. The molecule has 90 valence electrons. The number of sulfonamides is 1. The highest BCUT2D eigenvalue weighted by molar-refractivity contribution is 7.98. The van der Waals surface area contributed by atoms with Crippen LogP contribution >= 0.6 is 11.8 Å². The van der Waals surface area contributed by atoms with E-state index < -0.39 is 10.0 Å². The first-order valence-electron chi connectivity index (χ1n) is 5.35. The second kappa shape index (κ2) is 6.73. The van der Waals surface area contributed by atoms with E-state index in [1.807, 2.05) is 6.26 Å². The summed E-state index contributed by atoms with van der Waals surface area (Å²) in [5.74, 6) is 1.01. The van der Waals surface area contributed by atoms with E-state index in [1.165, 1.54) is 0 Å². The Balaban J connectivity index is 2.30. The molecule has 1 aliphatic rings. The summed E-state index contributed by atoms with van der Waals surface area (Å²) in [5.41, 5.74) is 0. The van der Waals surface area contributed by atoms with Crippen molar-refractivity contribution in [3.8, 4) is 0 Å². The molecule has 1 saturated heterocycles. The summed E-state index contributed by atoms with van der Waals surface area (Å²) in [6.07, 6.45) is 4.67. The van der Waals surface area contributed by atoms with E-state index in [4.69, 9.17) is 0 Å². The number of rotatable bonds is 6. The highest BCUT2D eigenvalue weighted by Gasteiger charge is 2.26. The van der Waals surface area contributed by atoms with Crippen LogP contribution in [-0.2, 0) is 10.0 Å². The summed E-state index contributed by atoms with van der Waals surface area (Å²) >= 11 is 1.74. The minimum Gasteiger partial charge on any atom is -0.315 e. The predicted octanol–water partition coefficient (Wildman–Crippen LogP) is 0.411. The smallest absolute Gasteiger partial charge is 0.215 e. The van der Waals surface area contributed by atoms with Gasteiger partial charge in [-0.1, -0.05) is 0 Å². The van der Waals surface area contributed by atoms with Gasteiger partial charge in [0.25, 0.3) is 0 Å². The molecule has 6 heteroatoms. The number of piperidine rings is 1. The maximum Gasteiger partial charge on any atom is 0.215 e. The van der Waals surface area contributed by atoms with Crippen molar-refractivity contribution in [2.75, 3.05) is 31.6 Å². The molecule has 4 nitrogen and oxygen atoms in total. The average molecular weight is 252 g/mol. The van der Waals surface area contributed by atoms with Crippen molar-refractivity contribution >= 4 is 21.8 Å². The third kappa shape index (κ3) is 4.72. The molecule has 0 aromatic carbocycles. The van der Waals surface area contributed by atoms with Crippen molar-refractivity contribution in [2.45, 2.75) is 24.5 Å². The van der Waals surface area contributed by atoms with E-state index in [1.54, 1.807) is 11.8 Å². The van der Waals surface area contributed by atoms with Gasteiger partial charge in [-0.05, 0) is 37.8 Å². The molecule has 1 atom stereocenters. The highest BCUT2D eigenvalue weighted by atomic mass is 32.2. The summed E-state index contributed by atoms with van der Waals surface area (Å²) in [7, 11) is -3.09. The molecular formula is C9H20N2O2S2. The van der Waals surface area contributed by atoms with Gasteiger partial charge in [0, 0.05) is 13.1 Å². The fraction of sp³-hybridized carbons (Fsp3) is 1.00. The van der Waals surface area contributed by atoms with Gasteiger partial charge in [0.05, 0.1) is 5.25 Å². The lowest BCUT2D eigenvalue weighted by Crippen LogP contribution is -2.44. The Morgan fingerprint density at radius 2 is 2.33 bits per heavy atom. The number of thioether (sulfide) groups is 1. The zero-order valence-electron chi connectivity index (χ0n) is 9.16. The Bertz CT molecular complexity index is 261. The molecule has 1 unspecified atom stereocenters. The van der Waals surface area contributed by atoms with Crippen LogP contribution in [0.15, 0.2) is 0 Å². The van der Waals surface area contributed by atoms with Gasteiger partial charge in [-0.2, -0.15) is 11.8 Å². The molecule has 0 radical (unpaired) electrons. The predicted molar refractivity (Wildman–Crippen MR) is 65.8 cm³/mol. The Hall–Kier alpha value is 0.220. The van der Waals surface area contributed by atoms with Crippen LogP contribution in [0.25, 0.3) is 0 Å². The molecule has 0 bridgehead atoms. The molecule has 0 aromatic heterocycles. The third-order valence-corrected chi connectivity index (χ3v) is 5.10. The molecule has 0 aromatic rings. The van der Waals surface area contributed by atoms with Crippen LogP contribution in [0.4, 0.5) is 0 Å². The Kier molecular flexibility index (Phi) is 5.96. The van der Waals surface area contributed by atoms with Gasteiger partial charge >= 0.3 is 0 Å². The topological polar surface area (TPSA) is 58.2 Å². The lowest BCUT2D eigenvalue weighted by atomic mass is 10.2. The van der Waals surface area contributed by atoms with Gasteiger partial charge in [-0.15, -0.1) is 0 Å². The van der Waals surface area contributed by atoms with Crippen molar-refractivity contribution in [3.05, 3.63) is 0 Å². The largest absolute Gasteiger partial charge is 0.315 e. The zero-order chi connectivity index (χ0) is 11.1. The highest BCUT2D eigenvalue weighted by Crippen LogP contribution is 2.10. The van der Waals surface area contributed by atoms with Gasteiger partial charge in [0.15, 0.2) is 0 Å². The van der Waals surface area contributed by atoms with Crippen molar-refractivity contribution < 1.29 is 8.42 Å². The maximum absolute atomic E-state index is 11.8. The first-order chi connectivity index (χ1) is 7.17. The van der Waals surface area contributed by atoms with Crippen LogP contribution in [0, 0.1) is 0 Å². The fourth-order valence-electron chi connectivity index (χ4n) is 1.63. The zero-order valence-corrected chi connectivity index (χ0v) is 10.8. The van der Waals surface area contributed by atoms with E-state index in [9.17, 15) is 8.42 Å². The van der Waals surface area contributed by atoms with E-state index in [0.29, 0.717) is 13.1 Å². The normalized spacial score (nSPS) is 22.9. The van der Waals surface area contributed by atoms with Gasteiger partial charge in [0.1, 0.15) is 0 Å². The van der Waals surface area contributed by atoms with E-state index in [2.05, 4.69) is 10.0 Å². The lowest BCUT2D eigenvalue weighted by molar-refractivity contribution is 0.490. The molecule has 0 aliphatic carbocycles. The van der Waals surface area contributed by atoms with Gasteiger partial charge in [-0.3, -0.25) is 0 Å². The third-order valence-electron chi connectivity index (χ3n) is 2.52. The van der Waals surface area contributed by atoms with Crippen molar-refractivity contribution in [1.29, 1.82) is 0 Å². The molecule has 2 N–H and O–H groups in total. The number of hydrogen-bond acceptors (Lipinski definition) is 4. The number of hydrogen-bond donors (Lipinski definition) is 2. The number of nitrogens with one attached hydrogen (secondary N) is 2. The van der Waals surface area contributed by atoms with Crippen LogP contribution in [0.1, 0.15) is 19.3 Å². The van der Waals surface area contributed by atoms with Gasteiger partial charge in [-0.25, -0.2) is 13.1 Å². The molecule has 0 spiro atoms. The maximum atomic E-state index is 11.8. The molecular weight excluding hydrogens is 232 g/mol. The molecule has 1 heterocycles. The Labute approximate surface area is 96.6 Å². The van der Waals surface area contributed by atoms with Crippen molar-refractivity contribution in [3.63, 3.8) is 0 Å². The molecule has 0 saturated carbocycles. The summed E-state index contributed by atoms with van der Waals surface area (Å²) in [6.45, 7) is 2.11. The van der Waals surface area contributed by atoms with Crippen LogP contribution in [-0.4, -0.2) is 45.3 Å². The fourth-order valence-corrected chi connectivity index (χ4v) is 3.55. The first kappa shape index (κ1) is 13.3. The summed E-state index contributed by atoms with van der Waals surface area (Å²) < 4.78 is 26.3. The SMILES string of the molecule is CSCCCNS(=O)(=O)C1CCCNC1. The Morgan fingerprint density at radius 3 is 2.93 bits per heavy atom. The van der Waals surface area contributed by atoms with Crippen molar-refractivity contribution in [2.24, 2.45) is 0 Å². The second-order valence-electron chi connectivity index (χ2n) is 3.75. The quantitative estimate of drug-likeness (QED) is 0.672. The minimum absolute atomic E-state index is 0.236. The monoisotopic (exact) mass is 252 g/mol. The van der Waals surface area contributed by atoms with E-state index in [-0.39, 0.29) is 5.25 Å². The average Bonchev–Trinajstić information content (AvgIpc) is 2.26. The summed E-state index contributed by atoms with van der Waals surface area (Å²) in [4.78, 5) is 0. The van der Waals surface area contributed by atoms with Crippen LogP contribution in [0.3, 0.4) is 0 Å². The van der Waals surface area contributed by atoms with Gasteiger partial charge < -0.3 is 5.32 Å². The minimum atomic E-state index is -3.09. The standard InChI is InChI=1S/C9H20N2O2S2/c1-14-7-3-6-11-15(12,13)9-4-2-5-10-8-9/h9-11H,2-8H2,1H3. The van der Waals surface area contributed by atoms with Crippen LogP contribution in [0.5, 0.6) is 0 Å². The molecule has 1 aliphatic heterocycles. The lowest BCUT2D eigenvalue weighted by Gasteiger charge is -2.22. The first-order valence-corrected chi connectivity index (χ1v) is 8.29. The van der Waals surface area contributed by atoms with E-state index >= 15 is 0 Å². The summed E-state index contributed by atoms with van der Waals surface area (Å²) in [5, 5.41) is 2.88. The van der Waals surface area contributed by atoms with Crippen LogP contribution in [0.2, 0.25) is 0 Å². The van der Waals surface area contributed by atoms with E-state index in [0.717, 1.165) is 31.6 Å². The molecule has 15 heavy (non-hydrogen) atoms. The van der Waals surface area contributed by atoms with Crippen molar-refractivity contribution in [1.82, 2.24) is 10.0 Å². The van der Waals surface area contributed by atoms with Crippen LogP contribution < -0.4 is 10.0 Å².